The fourth-order valence-electron chi connectivity index (χ4n) is 2.49. The summed E-state index contributed by atoms with van der Waals surface area (Å²) < 4.78 is 38.3. The summed E-state index contributed by atoms with van der Waals surface area (Å²) >= 11 is 0. The van der Waals surface area contributed by atoms with E-state index in [1.807, 2.05) is 24.3 Å². The molecule has 0 radical (unpaired) electrons. The molecule has 0 saturated heterocycles. The average molecular weight is 355 g/mol. The van der Waals surface area contributed by atoms with Gasteiger partial charge in [-0.15, -0.1) is 0 Å². The van der Waals surface area contributed by atoms with Crippen LogP contribution in [0.3, 0.4) is 0 Å². The van der Waals surface area contributed by atoms with E-state index in [1.54, 1.807) is 12.3 Å². The minimum Gasteiger partial charge on any atom is -0.361 e. The van der Waals surface area contributed by atoms with Gasteiger partial charge in [0.2, 0.25) is 0 Å². The number of nitrogens with zero attached hydrogens (tertiary/aromatic N) is 1. The van der Waals surface area contributed by atoms with Crippen LogP contribution in [0.5, 0.6) is 0 Å². The maximum absolute atomic E-state index is 12.8. The molecule has 0 bridgehead atoms. The van der Waals surface area contributed by atoms with Crippen molar-refractivity contribution >= 4 is 28.6 Å². The van der Waals surface area contributed by atoms with Crippen molar-refractivity contribution in [1.29, 1.82) is 5.26 Å². The summed E-state index contributed by atoms with van der Waals surface area (Å²) in [6, 6.07) is 13.4. The smallest absolute Gasteiger partial charge is 0.361 e. The third-order valence-corrected chi connectivity index (χ3v) is 3.73. The maximum atomic E-state index is 12.8. The van der Waals surface area contributed by atoms with E-state index in [-0.39, 0.29) is 11.3 Å². The van der Waals surface area contributed by atoms with E-state index in [2.05, 4.69) is 10.3 Å². The molecule has 26 heavy (non-hydrogen) atoms. The fraction of sp³-hybridized carbons (Fsp3) is 0.0526. The number of hydrogen-bond acceptors (Lipinski definition) is 2. The van der Waals surface area contributed by atoms with Crippen LogP contribution >= 0.6 is 0 Å². The molecule has 130 valence electrons. The number of benzene rings is 2. The molecule has 0 aliphatic rings. The largest absolute Gasteiger partial charge is 0.416 e. The number of alkyl halides is 3. The minimum atomic E-state index is -4.52. The second kappa shape index (κ2) is 6.76. The summed E-state index contributed by atoms with van der Waals surface area (Å²) in [6.45, 7) is 0. The number of nitrogens with one attached hydrogen (secondary N) is 2. The predicted molar refractivity (Wildman–Crippen MR) is 92.0 cm³/mol. The summed E-state index contributed by atoms with van der Waals surface area (Å²) in [5.74, 6) is -0.780. The molecular formula is C19H12F3N3O. The van der Waals surface area contributed by atoms with E-state index in [1.165, 1.54) is 18.2 Å². The van der Waals surface area contributed by atoms with Crippen molar-refractivity contribution in [2.24, 2.45) is 0 Å². The van der Waals surface area contributed by atoms with Crippen molar-refractivity contribution in [3.05, 3.63) is 71.4 Å². The van der Waals surface area contributed by atoms with Gasteiger partial charge < -0.3 is 10.3 Å². The van der Waals surface area contributed by atoms with Crippen molar-refractivity contribution in [1.82, 2.24) is 4.98 Å². The maximum Gasteiger partial charge on any atom is 0.416 e. The zero-order valence-electron chi connectivity index (χ0n) is 13.3. The third-order valence-electron chi connectivity index (χ3n) is 3.73. The zero-order chi connectivity index (χ0) is 18.7. The summed E-state index contributed by atoms with van der Waals surface area (Å²) in [7, 11) is 0. The number of rotatable bonds is 3. The molecule has 2 N–H and O–H groups in total. The van der Waals surface area contributed by atoms with Gasteiger partial charge in [0.05, 0.1) is 5.56 Å². The lowest BCUT2D eigenvalue weighted by atomic mass is 10.1. The number of amides is 1. The molecule has 0 aliphatic carbocycles. The van der Waals surface area contributed by atoms with Crippen LogP contribution < -0.4 is 5.32 Å². The number of aromatic amines is 1. The number of nitriles is 1. The van der Waals surface area contributed by atoms with Crippen molar-refractivity contribution in [2.45, 2.75) is 6.18 Å². The van der Waals surface area contributed by atoms with Gasteiger partial charge in [-0.25, -0.2) is 0 Å². The Morgan fingerprint density at radius 1 is 1.15 bits per heavy atom. The van der Waals surface area contributed by atoms with Crippen LogP contribution in [-0.2, 0) is 11.0 Å². The highest BCUT2D eigenvalue weighted by atomic mass is 19.4. The molecule has 1 heterocycles. The molecule has 4 nitrogen and oxygen atoms in total. The second-order valence-electron chi connectivity index (χ2n) is 5.49. The van der Waals surface area contributed by atoms with E-state index in [0.717, 1.165) is 23.0 Å². The Labute approximate surface area is 146 Å². The van der Waals surface area contributed by atoms with Gasteiger partial charge in [-0.3, -0.25) is 4.79 Å². The first kappa shape index (κ1) is 17.3. The lowest BCUT2D eigenvalue weighted by Crippen LogP contribution is -2.14. The molecular weight excluding hydrogens is 343 g/mol. The molecule has 2 aromatic carbocycles. The SMILES string of the molecule is N#C/C(=C/c1c[nH]c2ccccc12)C(=O)Nc1cccc(C(F)(F)F)c1. The Morgan fingerprint density at radius 2 is 1.92 bits per heavy atom. The van der Waals surface area contributed by atoms with Gasteiger partial charge in [0.25, 0.3) is 5.91 Å². The van der Waals surface area contributed by atoms with Crippen LogP contribution in [0.15, 0.2) is 60.3 Å². The molecule has 3 rings (SSSR count). The van der Waals surface area contributed by atoms with E-state index >= 15 is 0 Å². The second-order valence-corrected chi connectivity index (χ2v) is 5.49. The number of carbonyl (C=O) groups excluding carboxylic acids is 1. The molecule has 1 amide bonds. The molecule has 7 heteroatoms. The van der Waals surface area contributed by atoms with Gasteiger partial charge in [0, 0.05) is 28.4 Å². The number of fused-ring (bicyclic) bond motifs is 1. The van der Waals surface area contributed by atoms with Gasteiger partial charge in [0.15, 0.2) is 0 Å². The third kappa shape index (κ3) is 3.59. The molecule has 0 spiro atoms. The summed E-state index contributed by atoms with van der Waals surface area (Å²) in [5.41, 5.74) is 0.345. The molecule has 0 fully saturated rings. The highest BCUT2D eigenvalue weighted by Crippen LogP contribution is 2.30. The van der Waals surface area contributed by atoms with E-state index in [0.29, 0.717) is 5.56 Å². The Kier molecular flexibility index (Phi) is 4.50. The minimum absolute atomic E-state index is 0.0371. The molecule has 0 aliphatic heterocycles. The first-order valence-corrected chi connectivity index (χ1v) is 7.55. The van der Waals surface area contributed by atoms with Crippen LogP contribution in [0.1, 0.15) is 11.1 Å². The number of carbonyl (C=O) groups is 1. The van der Waals surface area contributed by atoms with Crippen molar-refractivity contribution in [3.8, 4) is 6.07 Å². The first-order chi connectivity index (χ1) is 12.4. The molecule has 3 aromatic rings. The molecule has 0 atom stereocenters. The van der Waals surface area contributed by atoms with Crippen LogP contribution in [0.25, 0.3) is 17.0 Å². The lowest BCUT2D eigenvalue weighted by Gasteiger charge is -2.09. The summed E-state index contributed by atoms with van der Waals surface area (Å²) in [5, 5.41) is 12.4. The van der Waals surface area contributed by atoms with Crippen LogP contribution in [0.2, 0.25) is 0 Å². The Morgan fingerprint density at radius 3 is 2.65 bits per heavy atom. The van der Waals surface area contributed by atoms with Gasteiger partial charge >= 0.3 is 6.18 Å². The van der Waals surface area contributed by atoms with Gasteiger partial charge in [0.1, 0.15) is 11.6 Å². The highest BCUT2D eigenvalue weighted by Gasteiger charge is 2.30. The summed E-state index contributed by atoms with van der Waals surface area (Å²) in [6.07, 6.45) is -1.47. The Balaban J connectivity index is 1.87. The van der Waals surface area contributed by atoms with Crippen LogP contribution in [0.4, 0.5) is 18.9 Å². The Hall–Kier alpha value is -3.53. The van der Waals surface area contributed by atoms with E-state index < -0.39 is 17.6 Å². The molecule has 1 aromatic heterocycles. The van der Waals surface area contributed by atoms with E-state index in [9.17, 15) is 23.2 Å². The standard InChI is InChI=1S/C19H12F3N3O/c20-19(21,22)14-4-3-5-15(9-14)25-18(26)12(10-23)8-13-11-24-17-7-2-1-6-16(13)17/h1-9,11,24H,(H,25,26)/b12-8-. The van der Waals surface area contributed by atoms with Gasteiger partial charge in [-0.2, -0.15) is 18.4 Å². The summed E-state index contributed by atoms with van der Waals surface area (Å²) in [4.78, 5) is 15.3. The van der Waals surface area contributed by atoms with Gasteiger partial charge in [-0.1, -0.05) is 24.3 Å². The number of hydrogen-bond donors (Lipinski definition) is 2. The number of para-hydroxylation sites is 1. The molecule has 0 unspecified atom stereocenters. The zero-order valence-corrected chi connectivity index (χ0v) is 13.3. The van der Waals surface area contributed by atoms with Crippen molar-refractivity contribution in [2.75, 3.05) is 5.32 Å². The average Bonchev–Trinajstić information content (AvgIpc) is 3.02. The van der Waals surface area contributed by atoms with E-state index in [4.69, 9.17) is 0 Å². The lowest BCUT2D eigenvalue weighted by molar-refractivity contribution is -0.137. The number of halogens is 3. The Bertz CT molecular complexity index is 1040. The topological polar surface area (TPSA) is 68.7 Å². The highest BCUT2D eigenvalue weighted by molar-refractivity contribution is 6.10. The first-order valence-electron chi connectivity index (χ1n) is 7.55. The predicted octanol–water partition coefficient (Wildman–Crippen LogP) is 4.73. The van der Waals surface area contributed by atoms with Gasteiger partial charge in [-0.05, 0) is 30.3 Å². The number of anilines is 1. The number of H-pyrrole nitrogens is 1. The van der Waals surface area contributed by atoms with Crippen molar-refractivity contribution < 1.29 is 18.0 Å². The molecule has 0 saturated carbocycles. The van der Waals surface area contributed by atoms with Crippen LogP contribution in [0, 0.1) is 11.3 Å². The monoisotopic (exact) mass is 355 g/mol. The number of aromatic nitrogens is 1. The normalized spacial score (nSPS) is 12.0. The van der Waals surface area contributed by atoms with Crippen molar-refractivity contribution in [3.63, 3.8) is 0 Å². The quantitative estimate of drug-likeness (QED) is 0.527. The fourth-order valence-corrected chi connectivity index (χ4v) is 2.49. The van der Waals surface area contributed by atoms with Crippen LogP contribution in [-0.4, -0.2) is 10.9 Å².